The van der Waals surface area contributed by atoms with Crippen molar-refractivity contribution in [2.24, 2.45) is 11.7 Å². The van der Waals surface area contributed by atoms with Gasteiger partial charge in [-0.2, -0.15) is 0 Å². The second-order valence-corrected chi connectivity index (χ2v) is 29.0. The van der Waals surface area contributed by atoms with E-state index in [9.17, 15) is 43.2 Å². The van der Waals surface area contributed by atoms with Crippen molar-refractivity contribution in [2.45, 2.75) is 145 Å². The molecule has 498 valence electrons. The number of nitrogen functional groups attached to an aromatic ring is 1. The van der Waals surface area contributed by atoms with Crippen LogP contribution in [0.25, 0.3) is 22.3 Å². The lowest BCUT2D eigenvalue weighted by molar-refractivity contribution is -0.137. The van der Waals surface area contributed by atoms with E-state index in [1.54, 1.807) is 26.0 Å². The van der Waals surface area contributed by atoms with Gasteiger partial charge in [0.2, 0.25) is 23.6 Å². The first-order chi connectivity index (χ1) is 44.0. The van der Waals surface area contributed by atoms with Crippen molar-refractivity contribution >= 4 is 112 Å². The fourth-order valence-electron chi connectivity index (χ4n) is 10.4. The van der Waals surface area contributed by atoms with Crippen LogP contribution in [0.3, 0.4) is 0 Å². The molecule has 0 spiro atoms. The average molecular weight is 1360 g/mol. The summed E-state index contributed by atoms with van der Waals surface area (Å²) >= 11 is 5.92. The molecular weight excluding hydrogens is 1290 g/mol. The number of hydrogen-bond acceptors (Lipinski definition) is 23. The van der Waals surface area contributed by atoms with Gasteiger partial charge in [-0.25, -0.2) is 43.1 Å². The summed E-state index contributed by atoms with van der Waals surface area (Å²) in [4.78, 5) is 136. The van der Waals surface area contributed by atoms with Crippen LogP contribution in [0.1, 0.15) is 96.1 Å². The number of ether oxygens (including phenoxy) is 2. The van der Waals surface area contributed by atoms with E-state index in [4.69, 9.17) is 50.8 Å². The molecule has 32 nitrogen and oxygen atoms in total. The lowest BCUT2D eigenvalue weighted by Gasteiger charge is -2.30. The number of carbonyl (C=O) groups excluding carboxylic acids is 7. The summed E-state index contributed by atoms with van der Waals surface area (Å²) in [6.45, 7) is -6.45. The van der Waals surface area contributed by atoms with Crippen LogP contribution in [0.4, 0.5) is 25.1 Å². The van der Waals surface area contributed by atoms with Gasteiger partial charge in [0.1, 0.15) is 48.3 Å². The number of benzene rings is 1. The summed E-state index contributed by atoms with van der Waals surface area (Å²) < 4.78 is 87.2. The molecule has 0 saturated carbocycles. The van der Waals surface area contributed by atoms with Crippen LogP contribution < -0.4 is 43.6 Å². The Hall–Kier alpha value is -7.24. The van der Waals surface area contributed by atoms with Crippen LogP contribution in [-0.4, -0.2) is 172 Å². The first-order valence-electron chi connectivity index (χ1n) is 29.5. The quantitative estimate of drug-likeness (QED) is 0.0207. The molecule has 8 heterocycles. The fraction of sp³-hybridized carbons (Fsp3) is 0.537. The van der Waals surface area contributed by atoms with Crippen molar-refractivity contribution in [1.29, 1.82) is 0 Å². The number of fused-ring (bicyclic) bond motifs is 4. The molecule has 12 atom stereocenters. The zero-order valence-electron chi connectivity index (χ0n) is 49.7. The Morgan fingerprint density at radius 3 is 2.07 bits per heavy atom. The molecule has 2 unspecified atom stereocenters. The molecule has 4 aliphatic rings. The highest BCUT2D eigenvalue weighted by Crippen LogP contribution is 2.65. The molecule has 4 aliphatic heterocycles. The van der Waals surface area contributed by atoms with E-state index >= 15 is 13.3 Å². The van der Waals surface area contributed by atoms with E-state index in [0.717, 1.165) is 28.4 Å². The Morgan fingerprint density at radius 2 is 1.39 bits per heavy atom. The first kappa shape index (κ1) is 69.1. The third-order valence-corrected chi connectivity index (χ3v) is 20.4. The summed E-state index contributed by atoms with van der Waals surface area (Å²) in [5.74, 6) is -3.09. The summed E-state index contributed by atoms with van der Waals surface area (Å²) in [6, 6.07) is 3.14. The van der Waals surface area contributed by atoms with Crippen molar-refractivity contribution in [3.05, 3.63) is 77.6 Å². The van der Waals surface area contributed by atoms with Gasteiger partial charge in [0.15, 0.2) is 47.4 Å². The van der Waals surface area contributed by atoms with Crippen LogP contribution >= 0.6 is 24.9 Å². The zero-order chi connectivity index (χ0) is 65.9. The van der Waals surface area contributed by atoms with Gasteiger partial charge >= 0.3 is 19.5 Å². The highest BCUT2D eigenvalue weighted by atomic mass is 32.7. The SMILES string of the molecule is CC(C)[C@H](NC(=O)CCCCCNC(=O)CCCCCN1C(=O)C=CC1=O)C(=O)N[C@@H](CCCNC(N)=O)C(=O)Nc1ccc(CSP2(=O)OC[C@H]3O[C@@H](n4cnc5c(N)ncnc54)[C@H](F)[C@@H]3OP(O)(=S)OC[C@H]3O[C@@H](n4cnc5c(=O)[nH]cnc54)[C@H](F)[C@@H]3O2)cc1. The summed E-state index contributed by atoms with van der Waals surface area (Å²) in [6.07, 6.45) is -3.03. The van der Waals surface area contributed by atoms with Gasteiger partial charge in [-0.1, -0.05) is 38.8 Å². The van der Waals surface area contributed by atoms with Crippen molar-refractivity contribution in [1.82, 2.24) is 65.2 Å². The lowest BCUT2D eigenvalue weighted by atomic mass is 10.0. The summed E-state index contributed by atoms with van der Waals surface area (Å²) in [5, 5.41) is 13.6. The lowest BCUT2D eigenvalue weighted by Crippen LogP contribution is -2.54. The highest BCUT2D eigenvalue weighted by molar-refractivity contribution is 8.54. The van der Waals surface area contributed by atoms with E-state index in [2.05, 4.69) is 56.5 Å². The number of amides is 8. The fourth-order valence-corrected chi connectivity index (χ4v) is 15.2. The van der Waals surface area contributed by atoms with E-state index in [1.807, 2.05) is 0 Å². The van der Waals surface area contributed by atoms with Crippen LogP contribution in [0, 0.1) is 5.92 Å². The highest BCUT2D eigenvalue weighted by Gasteiger charge is 2.55. The Labute approximate surface area is 532 Å². The number of nitrogens with zero attached hydrogens (tertiary/aromatic N) is 8. The predicted octanol–water partition coefficient (Wildman–Crippen LogP) is 3.26. The van der Waals surface area contributed by atoms with Crippen molar-refractivity contribution in [2.75, 3.05) is 43.9 Å². The zero-order valence-corrected chi connectivity index (χ0v) is 53.1. The smallest absolute Gasteiger partial charge is 0.382 e. The number of aromatic nitrogens is 8. The number of rotatable bonds is 27. The third kappa shape index (κ3) is 17.5. The second kappa shape index (κ2) is 31.1. The second-order valence-electron chi connectivity index (χ2n) is 22.2. The molecule has 1 aromatic carbocycles. The minimum Gasteiger partial charge on any atom is -0.382 e. The van der Waals surface area contributed by atoms with Crippen molar-refractivity contribution in [3.63, 3.8) is 0 Å². The number of urea groups is 1. The molecule has 0 bridgehead atoms. The molecule has 0 aliphatic carbocycles. The number of nitrogens with one attached hydrogen (secondary N) is 6. The monoisotopic (exact) mass is 1360 g/mol. The molecule has 38 heteroatoms. The van der Waals surface area contributed by atoms with Gasteiger partial charge < -0.3 is 61.9 Å². The number of imidazole rings is 2. The normalized spacial score (nSPS) is 25.6. The molecule has 3 saturated heterocycles. The Bertz CT molecular complexity index is 3680. The van der Waals surface area contributed by atoms with Crippen LogP contribution in [0.2, 0.25) is 0 Å². The Morgan fingerprint density at radius 1 is 0.772 bits per heavy atom. The Kier molecular flexibility index (Phi) is 23.4. The number of anilines is 2. The summed E-state index contributed by atoms with van der Waals surface area (Å²) in [5.41, 5.74) is 11.3. The molecule has 4 aromatic heterocycles. The number of H-pyrrole nitrogens is 1. The maximum absolute atomic E-state index is 17.1. The Balaban J connectivity index is 0.823. The number of nitrogens with two attached hydrogens (primary N) is 2. The van der Waals surface area contributed by atoms with Crippen molar-refractivity contribution in [3.8, 4) is 0 Å². The molecular formula is C54H70F2N16O16P2S2. The molecule has 3 fully saturated rings. The largest absolute Gasteiger partial charge is 0.389 e. The first-order valence-corrected chi connectivity index (χ1v) is 35.2. The molecule has 5 aromatic rings. The standard InChI is InChI=1S/C54H70F2N16O16P2S2/c1-29(2)41(69-36(74)12-5-3-7-19-59-35(73)11-6-4-8-21-70-37(75)17-18-38(70)76)51(79)68-32(10-9-20-60-54(58)80)49(77)67-31-15-13-30(14-16-31)24-92-90(82)84-23-34-44(39(55)52(86-34)71-27-65-42-46(57)61-25-62-47(42)71)87-89(81,91)83-22-33-45(88-90)40(56)53(85-33)72-28-66-43-48(72)63-26-64-50(43)78/h13-18,25-29,32-34,39-41,44-45,52-53H,3-12,19-24H2,1-2H3,(H,59,73)(H,67,77)(H,68,79)(H,69,74)(H,81,91)(H2,57,61,62)(H3,58,60,80)(H,63,64,78)/t32-,33+,34+,39+,40+,41-,44+,45+,52+,53+,89?,90?/m0/s1. The number of halogens is 2. The number of primary amides is 1. The number of aromatic amines is 1. The maximum atomic E-state index is 17.1. The van der Waals surface area contributed by atoms with Gasteiger partial charge in [0, 0.05) is 56.1 Å². The van der Waals surface area contributed by atoms with Crippen LogP contribution in [-0.2, 0) is 78.5 Å². The van der Waals surface area contributed by atoms with Gasteiger partial charge in [-0.3, -0.25) is 61.2 Å². The minimum absolute atomic E-state index is 0.00912. The topological polar surface area (TPSA) is 435 Å². The van der Waals surface area contributed by atoms with E-state index in [0.29, 0.717) is 75.0 Å². The van der Waals surface area contributed by atoms with E-state index < -0.39 is 123 Å². The van der Waals surface area contributed by atoms with Gasteiger partial charge in [-0.05, 0) is 85.3 Å². The van der Waals surface area contributed by atoms with Gasteiger partial charge in [-0.15, -0.1) is 0 Å². The predicted molar refractivity (Wildman–Crippen MR) is 329 cm³/mol. The van der Waals surface area contributed by atoms with Crippen LogP contribution in [0.5, 0.6) is 0 Å². The molecule has 8 amide bonds. The molecule has 9 rings (SSSR count). The third-order valence-electron chi connectivity index (χ3n) is 15.2. The van der Waals surface area contributed by atoms with Crippen molar-refractivity contribution < 1.29 is 79.4 Å². The average Bonchev–Trinajstić information content (AvgIpc) is 1.63. The summed E-state index contributed by atoms with van der Waals surface area (Å²) in [7, 11) is 0. The van der Waals surface area contributed by atoms with E-state index in [-0.39, 0.29) is 83.1 Å². The van der Waals surface area contributed by atoms with Gasteiger partial charge in [0.25, 0.3) is 17.4 Å². The maximum Gasteiger partial charge on any atom is 0.389 e. The number of carbonyl (C=O) groups is 7. The van der Waals surface area contributed by atoms with Crippen LogP contribution in [0.15, 0.2) is 66.5 Å². The molecule has 11 N–H and O–H groups in total. The minimum atomic E-state index is -4.70. The van der Waals surface area contributed by atoms with E-state index in [1.165, 1.54) is 35.2 Å². The molecule has 92 heavy (non-hydrogen) atoms. The number of imide groups is 1. The van der Waals surface area contributed by atoms with Gasteiger partial charge in [0.05, 0.1) is 32.2 Å². The number of hydrogen-bond donors (Lipinski definition) is 9. The number of alkyl halides is 2. The molecule has 0 radical (unpaired) electrons. The number of unbranched alkanes of at least 4 members (excludes halogenated alkanes) is 4.